The van der Waals surface area contributed by atoms with Crippen molar-refractivity contribution in [1.82, 2.24) is 0 Å². The Morgan fingerprint density at radius 2 is 1.95 bits per heavy atom. The van der Waals surface area contributed by atoms with Crippen LogP contribution in [0, 0.1) is 3.57 Å². The van der Waals surface area contributed by atoms with Crippen LogP contribution >= 0.6 is 34.2 Å². The van der Waals surface area contributed by atoms with Crippen LogP contribution in [0.3, 0.4) is 0 Å². The van der Waals surface area contributed by atoms with Gasteiger partial charge >= 0.3 is 5.97 Å². The van der Waals surface area contributed by atoms with E-state index in [9.17, 15) is 4.79 Å². The van der Waals surface area contributed by atoms with Gasteiger partial charge in [-0.3, -0.25) is 0 Å². The van der Waals surface area contributed by atoms with Crippen molar-refractivity contribution in [2.45, 2.75) is 0 Å². The van der Waals surface area contributed by atoms with Crippen LogP contribution in [-0.4, -0.2) is 11.1 Å². The number of benzene rings is 2. The number of carboxylic acids is 1. The summed E-state index contributed by atoms with van der Waals surface area (Å²) in [4.78, 5) is 10.6. The van der Waals surface area contributed by atoms with E-state index in [4.69, 9.17) is 21.4 Å². The maximum atomic E-state index is 10.6. The number of halogens is 2. The topological polar surface area (TPSA) is 46.5 Å². The van der Waals surface area contributed by atoms with Crippen molar-refractivity contribution in [3.63, 3.8) is 0 Å². The first-order chi connectivity index (χ1) is 9.56. The predicted molar refractivity (Wildman–Crippen MR) is 87.4 cm³/mol. The molecule has 0 aliphatic carbocycles. The van der Waals surface area contributed by atoms with E-state index in [2.05, 4.69) is 22.6 Å². The van der Waals surface area contributed by atoms with Gasteiger partial charge in [0.05, 0.1) is 3.57 Å². The molecule has 0 saturated heterocycles. The lowest BCUT2D eigenvalue weighted by atomic mass is 10.2. The fraction of sp³-hybridized carbons (Fsp3) is 0. The van der Waals surface area contributed by atoms with Gasteiger partial charge in [0.2, 0.25) is 0 Å². The van der Waals surface area contributed by atoms with Gasteiger partial charge in [0.25, 0.3) is 0 Å². The second kappa shape index (κ2) is 6.76. The number of hydrogen-bond acceptors (Lipinski definition) is 2. The monoisotopic (exact) mass is 400 g/mol. The number of carbonyl (C=O) groups is 1. The van der Waals surface area contributed by atoms with Gasteiger partial charge in [0.1, 0.15) is 11.5 Å². The van der Waals surface area contributed by atoms with Crippen LogP contribution in [0.15, 0.2) is 48.5 Å². The summed E-state index contributed by atoms with van der Waals surface area (Å²) in [7, 11) is 0. The summed E-state index contributed by atoms with van der Waals surface area (Å²) in [5, 5.41) is 9.23. The van der Waals surface area contributed by atoms with Gasteiger partial charge in [-0.2, -0.15) is 0 Å². The largest absolute Gasteiger partial charge is 0.478 e. The second-order valence-electron chi connectivity index (χ2n) is 3.89. The molecule has 2 aromatic carbocycles. The van der Waals surface area contributed by atoms with Gasteiger partial charge < -0.3 is 9.84 Å². The molecule has 0 aliphatic heterocycles. The summed E-state index contributed by atoms with van der Waals surface area (Å²) < 4.78 is 6.77. The third-order valence-corrected chi connectivity index (χ3v) is 3.56. The number of hydrogen-bond donors (Lipinski definition) is 1. The highest BCUT2D eigenvalue weighted by Crippen LogP contribution is 2.31. The first-order valence-corrected chi connectivity index (χ1v) is 7.15. The molecule has 0 atom stereocenters. The Morgan fingerprint density at radius 1 is 1.20 bits per heavy atom. The Bertz CT molecular complexity index is 668. The number of carboxylic acid groups (broad SMARTS) is 1. The molecule has 5 heteroatoms. The van der Waals surface area contributed by atoms with Gasteiger partial charge in [-0.15, -0.1) is 0 Å². The minimum atomic E-state index is -1.01. The normalized spacial score (nSPS) is 10.7. The van der Waals surface area contributed by atoms with Crippen molar-refractivity contribution in [2.24, 2.45) is 0 Å². The zero-order chi connectivity index (χ0) is 14.5. The first-order valence-electron chi connectivity index (χ1n) is 5.69. The van der Waals surface area contributed by atoms with E-state index in [1.807, 2.05) is 24.3 Å². The van der Waals surface area contributed by atoms with E-state index >= 15 is 0 Å². The lowest BCUT2D eigenvalue weighted by molar-refractivity contribution is -0.131. The van der Waals surface area contributed by atoms with E-state index in [-0.39, 0.29) is 0 Å². The summed E-state index contributed by atoms with van der Waals surface area (Å²) in [6, 6.07) is 12.6. The van der Waals surface area contributed by atoms with E-state index < -0.39 is 5.97 Å². The van der Waals surface area contributed by atoms with Crippen molar-refractivity contribution >= 4 is 46.2 Å². The molecule has 1 N–H and O–H groups in total. The molecule has 0 spiro atoms. The van der Waals surface area contributed by atoms with Crippen LogP contribution in [-0.2, 0) is 4.79 Å². The Morgan fingerprint density at radius 3 is 2.65 bits per heavy atom. The van der Waals surface area contributed by atoms with Gasteiger partial charge in [0, 0.05) is 22.7 Å². The van der Waals surface area contributed by atoms with Gasteiger partial charge in [-0.05, 0) is 52.9 Å². The SMILES string of the molecule is O=C(O)/C=C/c1ccc(Cl)cc1Oc1ccccc1I. The van der Waals surface area contributed by atoms with Crippen LogP contribution in [0.4, 0.5) is 0 Å². The summed E-state index contributed by atoms with van der Waals surface area (Å²) >= 11 is 8.13. The van der Waals surface area contributed by atoms with E-state index in [1.165, 1.54) is 6.08 Å². The third-order valence-electron chi connectivity index (χ3n) is 2.44. The molecular weight excluding hydrogens is 391 g/mol. The first kappa shape index (κ1) is 14.9. The lowest BCUT2D eigenvalue weighted by Crippen LogP contribution is -1.91. The van der Waals surface area contributed by atoms with Crippen LogP contribution in [0.1, 0.15) is 5.56 Å². The molecule has 0 fully saturated rings. The Kier molecular flexibility index (Phi) is 5.03. The molecular formula is C15H10ClIO3. The summed E-state index contributed by atoms with van der Waals surface area (Å²) in [6.07, 6.45) is 2.54. The van der Waals surface area contributed by atoms with Crippen LogP contribution in [0.5, 0.6) is 11.5 Å². The van der Waals surface area contributed by atoms with E-state index in [1.54, 1.807) is 18.2 Å². The third kappa shape index (κ3) is 3.98. The summed E-state index contributed by atoms with van der Waals surface area (Å²) in [6.45, 7) is 0. The minimum absolute atomic E-state index is 0.513. The van der Waals surface area contributed by atoms with E-state index in [0.717, 1.165) is 9.65 Å². The van der Waals surface area contributed by atoms with Crippen molar-refractivity contribution in [3.05, 3.63) is 62.7 Å². The molecule has 0 amide bonds. The second-order valence-corrected chi connectivity index (χ2v) is 5.48. The van der Waals surface area contributed by atoms with Crippen LogP contribution in [0.25, 0.3) is 6.08 Å². The fourth-order valence-electron chi connectivity index (χ4n) is 1.54. The Hall–Kier alpha value is -1.53. The predicted octanol–water partition coefficient (Wildman–Crippen LogP) is 4.83. The Balaban J connectivity index is 2.37. The Labute approximate surface area is 135 Å². The highest BCUT2D eigenvalue weighted by molar-refractivity contribution is 14.1. The zero-order valence-corrected chi connectivity index (χ0v) is 13.1. The smallest absolute Gasteiger partial charge is 0.328 e. The maximum Gasteiger partial charge on any atom is 0.328 e. The quantitative estimate of drug-likeness (QED) is 0.590. The number of aliphatic carboxylic acids is 1. The molecule has 0 saturated carbocycles. The van der Waals surface area contributed by atoms with Gasteiger partial charge in [-0.1, -0.05) is 23.7 Å². The molecule has 2 rings (SSSR count). The molecule has 0 unspecified atom stereocenters. The molecule has 3 nitrogen and oxygen atoms in total. The maximum absolute atomic E-state index is 10.6. The summed E-state index contributed by atoms with van der Waals surface area (Å²) in [5.41, 5.74) is 0.649. The highest BCUT2D eigenvalue weighted by Gasteiger charge is 2.07. The highest BCUT2D eigenvalue weighted by atomic mass is 127. The van der Waals surface area contributed by atoms with Gasteiger partial charge in [0.15, 0.2) is 0 Å². The van der Waals surface area contributed by atoms with Crippen molar-refractivity contribution in [3.8, 4) is 11.5 Å². The van der Waals surface area contributed by atoms with Crippen LogP contribution < -0.4 is 4.74 Å². The van der Waals surface area contributed by atoms with Crippen molar-refractivity contribution in [1.29, 1.82) is 0 Å². The molecule has 20 heavy (non-hydrogen) atoms. The van der Waals surface area contributed by atoms with E-state index in [0.29, 0.717) is 22.1 Å². The lowest BCUT2D eigenvalue weighted by Gasteiger charge is -2.10. The van der Waals surface area contributed by atoms with Crippen molar-refractivity contribution in [2.75, 3.05) is 0 Å². The molecule has 0 bridgehead atoms. The average Bonchev–Trinajstić information content (AvgIpc) is 2.40. The zero-order valence-electron chi connectivity index (χ0n) is 10.2. The average molecular weight is 401 g/mol. The molecule has 0 aromatic heterocycles. The molecule has 102 valence electrons. The van der Waals surface area contributed by atoms with Crippen LogP contribution in [0.2, 0.25) is 5.02 Å². The molecule has 0 radical (unpaired) electrons. The van der Waals surface area contributed by atoms with Gasteiger partial charge in [-0.25, -0.2) is 4.79 Å². The minimum Gasteiger partial charge on any atom is -0.478 e. The summed E-state index contributed by atoms with van der Waals surface area (Å²) in [5.74, 6) is 0.194. The number of ether oxygens (including phenoxy) is 1. The molecule has 2 aromatic rings. The molecule has 0 heterocycles. The molecule has 0 aliphatic rings. The standard InChI is InChI=1S/C15H10ClIO3/c16-11-7-5-10(6-8-15(18)19)14(9-11)20-13-4-2-1-3-12(13)17/h1-9H,(H,18,19)/b8-6+. The number of rotatable bonds is 4. The van der Waals surface area contributed by atoms with Crippen molar-refractivity contribution < 1.29 is 14.6 Å². The number of para-hydroxylation sites is 1. The fourth-order valence-corrected chi connectivity index (χ4v) is 2.20.